The molecule has 1 aliphatic rings. The summed E-state index contributed by atoms with van der Waals surface area (Å²) in [5.74, 6) is 1.12. The number of methoxy groups -OCH3 is 1. The van der Waals surface area contributed by atoms with Gasteiger partial charge in [-0.15, -0.1) is 0 Å². The van der Waals surface area contributed by atoms with Gasteiger partial charge in [0, 0.05) is 16.6 Å². The summed E-state index contributed by atoms with van der Waals surface area (Å²) in [7, 11) is -2.30. The number of aromatic nitrogens is 1. The van der Waals surface area contributed by atoms with E-state index in [2.05, 4.69) is 10.3 Å². The molecule has 30 heavy (non-hydrogen) atoms. The maximum absolute atomic E-state index is 13.3. The number of nitrogens with one attached hydrogen (secondary N) is 1. The fraction of sp³-hybridized carbons (Fsp3) is 0.318. The fourth-order valence-electron chi connectivity index (χ4n) is 3.59. The smallest absolute Gasteiger partial charge is 0.234 e. The van der Waals surface area contributed by atoms with Crippen molar-refractivity contribution in [3.63, 3.8) is 0 Å². The van der Waals surface area contributed by atoms with Crippen molar-refractivity contribution in [3.05, 3.63) is 53.6 Å². The number of nitrogens with zero attached hydrogens (tertiary/aromatic N) is 1. The third kappa shape index (κ3) is 4.32. The van der Waals surface area contributed by atoms with Crippen molar-refractivity contribution in [1.29, 1.82) is 0 Å². The van der Waals surface area contributed by atoms with Gasteiger partial charge in [-0.1, -0.05) is 30.9 Å². The summed E-state index contributed by atoms with van der Waals surface area (Å²) in [4.78, 5) is 4.50. The van der Waals surface area contributed by atoms with E-state index in [0.29, 0.717) is 16.3 Å². The van der Waals surface area contributed by atoms with E-state index < -0.39 is 9.84 Å². The first-order valence-electron chi connectivity index (χ1n) is 9.90. The number of hydrogen-bond acceptors (Lipinski definition) is 6. The molecule has 0 atom stereocenters. The van der Waals surface area contributed by atoms with Crippen LogP contribution in [0.1, 0.15) is 32.1 Å². The SMILES string of the molecule is COc1ccc(-c2nc(S(=O)(=O)c3ccc(Cl)cc3)c(NC3CCCCC3)o2)cc1. The summed E-state index contributed by atoms with van der Waals surface area (Å²) in [6.07, 6.45) is 5.35. The summed E-state index contributed by atoms with van der Waals surface area (Å²) in [6.45, 7) is 0. The van der Waals surface area contributed by atoms with Gasteiger partial charge in [-0.2, -0.15) is 4.98 Å². The van der Waals surface area contributed by atoms with Gasteiger partial charge in [0.15, 0.2) is 0 Å². The highest BCUT2D eigenvalue weighted by atomic mass is 35.5. The molecule has 0 saturated heterocycles. The number of oxazole rings is 1. The molecule has 1 saturated carbocycles. The van der Waals surface area contributed by atoms with Crippen LogP contribution < -0.4 is 10.1 Å². The average Bonchev–Trinajstić information content (AvgIpc) is 3.19. The minimum atomic E-state index is -3.89. The van der Waals surface area contributed by atoms with Crippen LogP contribution in [0.15, 0.2) is 62.9 Å². The zero-order valence-corrected chi connectivity index (χ0v) is 18.2. The van der Waals surface area contributed by atoms with Gasteiger partial charge in [-0.05, 0) is 61.4 Å². The molecule has 1 fully saturated rings. The lowest BCUT2D eigenvalue weighted by Crippen LogP contribution is -2.23. The summed E-state index contributed by atoms with van der Waals surface area (Å²) < 4.78 is 37.8. The Balaban J connectivity index is 1.75. The predicted molar refractivity (Wildman–Crippen MR) is 116 cm³/mol. The summed E-state index contributed by atoms with van der Waals surface area (Å²) in [5, 5.41) is 3.65. The third-order valence-electron chi connectivity index (χ3n) is 5.25. The third-order valence-corrected chi connectivity index (χ3v) is 7.18. The molecule has 8 heteroatoms. The number of anilines is 1. The van der Waals surface area contributed by atoms with Crippen molar-refractivity contribution in [2.24, 2.45) is 0 Å². The first-order valence-corrected chi connectivity index (χ1v) is 11.8. The highest BCUT2D eigenvalue weighted by Crippen LogP contribution is 2.35. The molecule has 2 aromatic carbocycles. The molecular weight excluding hydrogens is 424 g/mol. The van der Waals surface area contributed by atoms with Crippen LogP contribution in [-0.4, -0.2) is 26.6 Å². The van der Waals surface area contributed by atoms with Crippen molar-refractivity contribution >= 4 is 27.3 Å². The molecule has 0 spiro atoms. The monoisotopic (exact) mass is 446 g/mol. The zero-order valence-electron chi connectivity index (χ0n) is 16.6. The van der Waals surface area contributed by atoms with Crippen LogP contribution in [-0.2, 0) is 9.84 Å². The number of halogens is 1. The molecule has 4 rings (SSSR count). The molecule has 0 bridgehead atoms. The summed E-state index contributed by atoms with van der Waals surface area (Å²) >= 11 is 5.93. The van der Waals surface area contributed by atoms with Gasteiger partial charge in [0.1, 0.15) is 5.75 Å². The highest BCUT2D eigenvalue weighted by molar-refractivity contribution is 7.91. The molecule has 1 N–H and O–H groups in total. The van der Waals surface area contributed by atoms with E-state index in [0.717, 1.165) is 25.7 Å². The maximum Gasteiger partial charge on any atom is 0.234 e. The highest BCUT2D eigenvalue weighted by Gasteiger charge is 2.30. The first-order chi connectivity index (χ1) is 14.5. The molecule has 158 valence electrons. The Labute approximate surface area is 181 Å². The van der Waals surface area contributed by atoms with Crippen molar-refractivity contribution in [2.75, 3.05) is 12.4 Å². The van der Waals surface area contributed by atoms with Crippen LogP contribution in [0.5, 0.6) is 5.75 Å². The van der Waals surface area contributed by atoms with Crippen molar-refractivity contribution in [1.82, 2.24) is 4.98 Å². The van der Waals surface area contributed by atoms with E-state index in [4.69, 9.17) is 20.8 Å². The number of sulfone groups is 1. The molecular formula is C22H23ClN2O4S. The molecule has 0 unspecified atom stereocenters. The minimum Gasteiger partial charge on any atom is -0.497 e. The first kappa shape index (κ1) is 20.8. The van der Waals surface area contributed by atoms with E-state index >= 15 is 0 Å². The second kappa shape index (κ2) is 8.70. The van der Waals surface area contributed by atoms with E-state index in [9.17, 15) is 8.42 Å². The Morgan fingerprint density at radius 2 is 1.70 bits per heavy atom. The Morgan fingerprint density at radius 1 is 1.03 bits per heavy atom. The van der Waals surface area contributed by atoms with Crippen LogP contribution in [0, 0.1) is 0 Å². The van der Waals surface area contributed by atoms with Crippen LogP contribution in [0.3, 0.4) is 0 Å². The summed E-state index contributed by atoms with van der Waals surface area (Å²) in [6, 6.07) is 13.3. The minimum absolute atomic E-state index is 0.110. The van der Waals surface area contributed by atoms with Crippen molar-refractivity contribution < 1.29 is 17.6 Å². The molecule has 0 amide bonds. The lowest BCUT2D eigenvalue weighted by Gasteiger charge is -2.22. The van der Waals surface area contributed by atoms with Gasteiger partial charge in [0.25, 0.3) is 0 Å². The molecule has 1 aliphatic carbocycles. The van der Waals surface area contributed by atoms with E-state index in [1.165, 1.54) is 18.6 Å². The Kier molecular flexibility index (Phi) is 6.01. The van der Waals surface area contributed by atoms with E-state index in [-0.39, 0.29) is 27.7 Å². The largest absolute Gasteiger partial charge is 0.497 e. The standard InChI is InChI=1S/C22H23ClN2O4S/c1-28-18-11-7-15(8-12-18)20-25-22(21(29-20)24-17-5-3-2-4-6-17)30(26,27)19-13-9-16(23)10-14-19/h7-14,17,24H,2-6H2,1H3. The van der Waals surface area contributed by atoms with Gasteiger partial charge >= 0.3 is 0 Å². The van der Waals surface area contributed by atoms with Gasteiger partial charge < -0.3 is 14.5 Å². The Morgan fingerprint density at radius 3 is 2.33 bits per heavy atom. The van der Waals surface area contributed by atoms with Crippen LogP contribution in [0.25, 0.3) is 11.5 Å². The fourth-order valence-corrected chi connectivity index (χ4v) is 4.99. The van der Waals surface area contributed by atoms with Gasteiger partial charge in [0.05, 0.1) is 12.0 Å². The van der Waals surface area contributed by atoms with E-state index in [1.807, 2.05) is 0 Å². The second-order valence-electron chi connectivity index (χ2n) is 7.32. The van der Waals surface area contributed by atoms with E-state index in [1.54, 1.807) is 43.5 Å². The molecule has 0 aliphatic heterocycles. The number of ether oxygens (including phenoxy) is 1. The Hall–Kier alpha value is -2.51. The van der Waals surface area contributed by atoms with Gasteiger partial charge in [-0.3, -0.25) is 0 Å². The molecule has 1 heterocycles. The molecule has 0 radical (unpaired) electrons. The molecule has 3 aromatic rings. The topological polar surface area (TPSA) is 81.4 Å². The predicted octanol–water partition coefficient (Wildman–Crippen LogP) is 5.58. The zero-order chi connectivity index (χ0) is 21.1. The average molecular weight is 447 g/mol. The molecule has 1 aromatic heterocycles. The number of hydrogen-bond donors (Lipinski definition) is 1. The van der Waals surface area contributed by atoms with Crippen LogP contribution >= 0.6 is 11.6 Å². The summed E-state index contributed by atoms with van der Waals surface area (Å²) in [5.41, 5.74) is 0.667. The van der Waals surface area contributed by atoms with Crippen molar-refractivity contribution in [2.45, 2.75) is 48.1 Å². The second-order valence-corrected chi connectivity index (χ2v) is 9.62. The maximum atomic E-state index is 13.3. The van der Waals surface area contributed by atoms with Crippen LogP contribution in [0.2, 0.25) is 5.02 Å². The van der Waals surface area contributed by atoms with Crippen LogP contribution in [0.4, 0.5) is 5.88 Å². The van der Waals surface area contributed by atoms with Crippen molar-refractivity contribution in [3.8, 4) is 17.2 Å². The van der Waals surface area contributed by atoms with Gasteiger partial charge in [-0.25, -0.2) is 8.42 Å². The lowest BCUT2D eigenvalue weighted by atomic mass is 9.96. The number of rotatable bonds is 6. The Bertz CT molecular complexity index is 1100. The van der Waals surface area contributed by atoms with Gasteiger partial charge in [0.2, 0.25) is 26.6 Å². The normalized spacial score (nSPS) is 15.1. The molecule has 6 nitrogen and oxygen atoms in total. The quantitative estimate of drug-likeness (QED) is 0.532. The lowest BCUT2D eigenvalue weighted by molar-refractivity contribution is 0.415. The number of benzene rings is 2.